The van der Waals surface area contributed by atoms with E-state index in [1.54, 1.807) is 0 Å². The quantitative estimate of drug-likeness (QED) is 0.818. The second kappa shape index (κ2) is 6.59. The number of carbonyl (C=O) groups excluding carboxylic acids is 1. The summed E-state index contributed by atoms with van der Waals surface area (Å²) < 4.78 is 5.88. The summed E-state index contributed by atoms with van der Waals surface area (Å²) in [6, 6.07) is 8.64. The summed E-state index contributed by atoms with van der Waals surface area (Å²) in [6.45, 7) is 7.12. The number of amides is 1. The highest BCUT2D eigenvalue weighted by molar-refractivity contribution is 5.91. The normalized spacial score (nSPS) is 32.5. The molecule has 0 N–H and O–H groups in total. The Balaban J connectivity index is 1.29. The molecule has 146 valence electrons. The van der Waals surface area contributed by atoms with Gasteiger partial charge in [-0.25, -0.2) is 0 Å². The largest absolute Gasteiger partial charge is 0.377 e. The number of benzene rings is 1. The zero-order valence-electron chi connectivity index (χ0n) is 16.6. The van der Waals surface area contributed by atoms with Crippen molar-refractivity contribution in [1.82, 2.24) is 9.80 Å². The van der Waals surface area contributed by atoms with Gasteiger partial charge >= 0.3 is 0 Å². The molecule has 0 unspecified atom stereocenters. The average molecular weight is 369 g/mol. The Labute approximate surface area is 162 Å². The van der Waals surface area contributed by atoms with Gasteiger partial charge in [0, 0.05) is 38.3 Å². The molecule has 1 aliphatic carbocycles. The fourth-order valence-corrected chi connectivity index (χ4v) is 5.58. The van der Waals surface area contributed by atoms with E-state index in [1.807, 2.05) is 0 Å². The lowest BCUT2D eigenvalue weighted by atomic mass is 9.76. The van der Waals surface area contributed by atoms with E-state index in [0.717, 1.165) is 45.5 Å². The summed E-state index contributed by atoms with van der Waals surface area (Å²) >= 11 is 0. The number of rotatable bonds is 4. The number of carbonyl (C=O) groups is 1. The van der Waals surface area contributed by atoms with Crippen LogP contribution in [0, 0.1) is 6.92 Å². The zero-order chi connectivity index (χ0) is 18.5. The molecule has 1 amide bonds. The summed E-state index contributed by atoms with van der Waals surface area (Å²) in [7, 11) is 0. The third-order valence-corrected chi connectivity index (χ3v) is 7.57. The smallest absolute Gasteiger partial charge is 0.233 e. The van der Waals surface area contributed by atoms with Crippen LogP contribution >= 0.6 is 0 Å². The Morgan fingerprint density at radius 1 is 1.11 bits per heavy atom. The van der Waals surface area contributed by atoms with Crippen molar-refractivity contribution in [3.63, 3.8) is 0 Å². The van der Waals surface area contributed by atoms with Crippen molar-refractivity contribution in [1.29, 1.82) is 0 Å². The number of aryl methyl sites for hydroxylation is 1. The molecule has 4 heteroatoms. The van der Waals surface area contributed by atoms with Gasteiger partial charge in [-0.05, 0) is 57.4 Å². The number of nitrogens with zero attached hydrogens (tertiary/aromatic N) is 2. The van der Waals surface area contributed by atoms with E-state index in [4.69, 9.17) is 4.74 Å². The molecule has 4 nitrogen and oxygen atoms in total. The standard InChI is InChI=1S/C23H32N2O2/c1-18-5-7-19(8-6-18)23(10-11-23)21(26)24-13-3-9-22(17-24)12-14-25(22)16-20-4-2-15-27-20/h5-8,20H,2-4,9-17H2,1H3/t20-,22+/m1/s1. The molecule has 2 atom stereocenters. The molecule has 27 heavy (non-hydrogen) atoms. The summed E-state index contributed by atoms with van der Waals surface area (Å²) in [6.07, 6.45) is 8.45. The number of hydrogen-bond acceptors (Lipinski definition) is 3. The third-order valence-electron chi connectivity index (χ3n) is 7.57. The maximum atomic E-state index is 13.5. The van der Waals surface area contributed by atoms with Gasteiger partial charge in [0.15, 0.2) is 0 Å². The minimum atomic E-state index is -0.227. The van der Waals surface area contributed by atoms with Crippen LogP contribution in [0.15, 0.2) is 24.3 Å². The lowest BCUT2D eigenvalue weighted by Gasteiger charge is -2.58. The number of likely N-dealkylation sites (tertiary alicyclic amines) is 2. The van der Waals surface area contributed by atoms with Gasteiger partial charge in [0.1, 0.15) is 0 Å². The van der Waals surface area contributed by atoms with E-state index >= 15 is 0 Å². The number of hydrogen-bond donors (Lipinski definition) is 0. The Morgan fingerprint density at radius 2 is 1.93 bits per heavy atom. The van der Waals surface area contributed by atoms with E-state index in [-0.39, 0.29) is 11.0 Å². The van der Waals surface area contributed by atoms with Crippen LogP contribution < -0.4 is 0 Å². The van der Waals surface area contributed by atoms with Crippen LogP contribution in [0.3, 0.4) is 0 Å². The SMILES string of the molecule is Cc1ccc(C2(C(=O)N3CCC[C@]4(CCN4C[C@H]4CCCO4)C3)CC2)cc1. The fraction of sp³-hybridized carbons (Fsp3) is 0.696. The average Bonchev–Trinajstić information content (AvgIpc) is 3.33. The summed E-state index contributed by atoms with van der Waals surface area (Å²) in [4.78, 5) is 18.4. The second-order valence-corrected chi connectivity index (χ2v) is 9.33. The third kappa shape index (κ3) is 3.01. The van der Waals surface area contributed by atoms with E-state index in [0.29, 0.717) is 12.0 Å². The van der Waals surface area contributed by atoms with Crippen LogP contribution in [0.5, 0.6) is 0 Å². The van der Waals surface area contributed by atoms with E-state index in [2.05, 4.69) is 41.0 Å². The predicted octanol–water partition coefficient (Wildman–Crippen LogP) is 3.27. The van der Waals surface area contributed by atoms with E-state index in [9.17, 15) is 4.79 Å². The van der Waals surface area contributed by atoms with Crippen LogP contribution in [0.25, 0.3) is 0 Å². The van der Waals surface area contributed by atoms with Crippen LogP contribution in [-0.4, -0.2) is 60.1 Å². The minimum absolute atomic E-state index is 0.225. The fourth-order valence-electron chi connectivity index (χ4n) is 5.58. The van der Waals surface area contributed by atoms with Gasteiger partial charge in [-0.15, -0.1) is 0 Å². The highest BCUT2D eigenvalue weighted by atomic mass is 16.5. The Morgan fingerprint density at radius 3 is 2.56 bits per heavy atom. The molecular formula is C23H32N2O2. The molecule has 3 saturated heterocycles. The number of ether oxygens (including phenoxy) is 1. The van der Waals surface area contributed by atoms with Crippen LogP contribution in [0.2, 0.25) is 0 Å². The van der Waals surface area contributed by atoms with Crippen molar-refractivity contribution in [2.75, 3.05) is 32.8 Å². The molecule has 4 aliphatic rings. The van der Waals surface area contributed by atoms with Crippen molar-refractivity contribution in [3.05, 3.63) is 35.4 Å². The first kappa shape index (κ1) is 17.7. The minimum Gasteiger partial charge on any atom is -0.377 e. The maximum Gasteiger partial charge on any atom is 0.233 e. The van der Waals surface area contributed by atoms with Crippen molar-refractivity contribution in [3.8, 4) is 0 Å². The molecule has 1 aromatic carbocycles. The molecule has 4 fully saturated rings. The predicted molar refractivity (Wildman–Crippen MR) is 106 cm³/mol. The van der Waals surface area contributed by atoms with Gasteiger partial charge in [-0.2, -0.15) is 0 Å². The van der Waals surface area contributed by atoms with E-state index < -0.39 is 0 Å². The topological polar surface area (TPSA) is 32.8 Å². The maximum absolute atomic E-state index is 13.5. The monoisotopic (exact) mass is 368 g/mol. The first-order chi connectivity index (χ1) is 13.1. The molecule has 0 radical (unpaired) electrons. The van der Waals surface area contributed by atoms with Crippen LogP contribution in [0.4, 0.5) is 0 Å². The molecule has 1 saturated carbocycles. The highest BCUT2D eigenvalue weighted by Crippen LogP contribution is 2.51. The molecule has 1 spiro atoms. The first-order valence-corrected chi connectivity index (χ1v) is 10.8. The molecule has 0 aromatic heterocycles. The van der Waals surface area contributed by atoms with Crippen molar-refractivity contribution < 1.29 is 9.53 Å². The Bertz CT molecular complexity index is 706. The lowest BCUT2D eigenvalue weighted by molar-refractivity contribution is -0.144. The Hall–Kier alpha value is -1.39. The lowest BCUT2D eigenvalue weighted by Crippen LogP contribution is -2.68. The second-order valence-electron chi connectivity index (χ2n) is 9.33. The van der Waals surface area contributed by atoms with Crippen molar-refractivity contribution >= 4 is 5.91 Å². The van der Waals surface area contributed by atoms with Gasteiger partial charge < -0.3 is 9.64 Å². The van der Waals surface area contributed by atoms with Gasteiger partial charge in [0.05, 0.1) is 11.5 Å². The van der Waals surface area contributed by atoms with Crippen LogP contribution in [0.1, 0.15) is 56.1 Å². The molecule has 3 heterocycles. The van der Waals surface area contributed by atoms with Crippen molar-refractivity contribution in [2.24, 2.45) is 0 Å². The molecule has 5 rings (SSSR count). The summed E-state index contributed by atoms with van der Waals surface area (Å²) in [5.74, 6) is 0.384. The van der Waals surface area contributed by atoms with Gasteiger partial charge in [-0.1, -0.05) is 29.8 Å². The van der Waals surface area contributed by atoms with Crippen molar-refractivity contribution in [2.45, 2.75) is 68.9 Å². The highest BCUT2D eigenvalue weighted by Gasteiger charge is 2.56. The number of piperidine rings is 1. The Kier molecular flexibility index (Phi) is 4.32. The summed E-state index contributed by atoms with van der Waals surface area (Å²) in [5.41, 5.74) is 2.49. The molecule has 0 bridgehead atoms. The molecule has 3 aliphatic heterocycles. The molecular weight excluding hydrogens is 336 g/mol. The molecule has 1 aromatic rings. The van der Waals surface area contributed by atoms with E-state index in [1.165, 1.54) is 43.4 Å². The van der Waals surface area contributed by atoms with Gasteiger partial charge in [0.2, 0.25) is 5.91 Å². The van der Waals surface area contributed by atoms with Gasteiger partial charge in [-0.3, -0.25) is 9.69 Å². The van der Waals surface area contributed by atoms with Gasteiger partial charge in [0.25, 0.3) is 0 Å². The first-order valence-electron chi connectivity index (χ1n) is 10.8. The summed E-state index contributed by atoms with van der Waals surface area (Å²) in [5, 5.41) is 0. The van der Waals surface area contributed by atoms with Crippen LogP contribution in [-0.2, 0) is 14.9 Å². The zero-order valence-corrected chi connectivity index (χ0v) is 16.6.